The number of ether oxygens (including phenoxy) is 2. The minimum atomic E-state index is -2.40. The van der Waals surface area contributed by atoms with Gasteiger partial charge >= 0.3 is 0 Å². The number of halogens is 1. The summed E-state index contributed by atoms with van der Waals surface area (Å²) in [4.78, 5) is 32.4. The summed E-state index contributed by atoms with van der Waals surface area (Å²) in [6.07, 6.45) is 6.84. The molecule has 0 radical (unpaired) electrons. The molecule has 3 aliphatic heterocycles. The molecule has 12 heteroatoms. The first-order chi connectivity index (χ1) is 28.5. The highest BCUT2D eigenvalue weighted by molar-refractivity contribution is 6.91. The number of aryl methyl sites for hydroxylation is 1. The maximum atomic E-state index is 15.4. The van der Waals surface area contributed by atoms with E-state index in [0.29, 0.717) is 43.2 Å². The van der Waals surface area contributed by atoms with Crippen molar-refractivity contribution in [3.05, 3.63) is 131 Å². The predicted molar refractivity (Wildman–Crippen MR) is 234 cm³/mol. The number of benzene rings is 4. The Labute approximate surface area is 353 Å². The first-order valence-electron chi connectivity index (χ1n) is 20.9. The van der Waals surface area contributed by atoms with E-state index in [4.69, 9.17) is 21.1 Å². The number of aliphatic hydroxyl groups excluding tert-OH is 1. The summed E-state index contributed by atoms with van der Waals surface area (Å²) in [5.74, 6) is 0.353. The highest BCUT2D eigenvalue weighted by Gasteiger charge is 2.66. The molecule has 1 spiro atoms. The Morgan fingerprint density at radius 1 is 0.966 bits per heavy atom. The number of hydrogen-bond donors (Lipinski definition) is 1. The molecule has 3 aliphatic rings. The van der Waals surface area contributed by atoms with Crippen LogP contribution in [0.2, 0.25) is 23.7 Å². The molecule has 59 heavy (non-hydrogen) atoms. The van der Waals surface area contributed by atoms with E-state index in [-0.39, 0.29) is 41.9 Å². The van der Waals surface area contributed by atoms with Gasteiger partial charge in [-0.25, -0.2) is 0 Å². The topological polar surface area (TPSA) is 110 Å². The molecule has 0 bridgehead atoms. The molecule has 0 saturated carbocycles. The number of carbonyl (C=O) groups is 2. The molecule has 4 aromatic carbocycles. The standard InChI is InChI=1S/C47H54ClN5O5Si/c1-32-45(59(3,4)38-21-19-37(57-2)20-22-38)43(24-26-51-30-41(49-50-51)39(31-54)34-14-8-7-9-15-34)58-47(32)40-28-35(48)18-23-42(40)53(46(47)56)29-33-13-12-16-36(27-33)52-25-11-6-5-10-17-44(52)55/h7-9,12-16,18-23,27-28,30,32,39,43,45,54H,5-6,10-11,17,24-26,29,31H2,1-4H3/t32-,39?,43+,45-,47+/m1/s1. The predicted octanol–water partition coefficient (Wildman–Crippen LogP) is 8.21. The Morgan fingerprint density at radius 2 is 1.75 bits per heavy atom. The summed E-state index contributed by atoms with van der Waals surface area (Å²) in [5.41, 5.74) is 3.82. The fourth-order valence-corrected chi connectivity index (χ4v) is 14.3. The lowest BCUT2D eigenvalue weighted by molar-refractivity contribution is -0.146. The third-order valence-electron chi connectivity index (χ3n) is 13.1. The van der Waals surface area contributed by atoms with Gasteiger partial charge in [0, 0.05) is 47.9 Å². The van der Waals surface area contributed by atoms with Crippen molar-refractivity contribution >= 4 is 48.1 Å². The number of aromatic nitrogens is 3. The van der Waals surface area contributed by atoms with Gasteiger partial charge in [-0.05, 0) is 78.4 Å². The Balaban J connectivity index is 1.13. The molecule has 10 nitrogen and oxygen atoms in total. The second-order valence-corrected chi connectivity index (χ2v) is 22.1. The van der Waals surface area contributed by atoms with Crippen LogP contribution < -0.4 is 19.7 Å². The molecule has 1 aromatic heterocycles. The maximum absolute atomic E-state index is 15.4. The van der Waals surface area contributed by atoms with Gasteiger partial charge in [-0.2, -0.15) is 0 Å². The van der Waals surface area contributed by atoms with Gasteiger partial charge in [-0.15, -0.1) is 5.10 Å². The molecule has 5 aromatic rings. The van der Waals surface area contributed by atoms with Crippen LogP contribution in [0.3, 0.4) is 0 Å². The van der Waals surface area contributed by atoms with Crippen molar-refractivity contribution < 1.29 is 24.2 Å². The van der Waals surface area contributed by atoms with Crippen LogP contribution in [0.1, 0.15) is 73.8 Å². The zero-order valence-corrected chi connectivity index (χ0v) is 36.1. The van der Waals surface area contributed by atoms with Crippen molar-refractivity contribution in [2.24, 2.45) is 5.92 Å². The van der Waals surface area contributed by atoms with Crippen LogP contribution in [0.5, 0.6) is 5.75 Å². The monoisotopic (exact) mass is 831 g/mol. The first-order valence-corrected chi connectivity index (χ1v) is 24.4. The average molecular weight is 833 g/mol. The highest BCUT2D eigenvalue weighted by atomic mass is 35.5. The lowest BCUT2D eigenvalue weighted by atomic mass is 9.82. The van der Waals surface area contributed by atoms with Gasteiger partial charge < -0.3 is 24.4 Å². The molecule has 5 atom stereocenters. The number of amides is 2. The first kappa shape index (κ1) is 40.9. The summed E-state index contributed by atoms with van der Waals surface area (Å²) < 4.78 is 14.7. The van der Waals surface area contributed by atoms with Gasteiger partial charge in [-0.1, -0.05) is 109 Å². The number of fused-ring (bicyclic) bond motifs is 2. The maximum Gasteiger partial charge on any atom is 0.264 e. The molecule has 2 saturated heterocycles. The van der Waals surface area contributed by atoms with Crippen molar-refractivity contribution in [1.82, 2.24) is 15.0 Å². The molecule has 8 rings (SSSR count). The van der Waals surface area contributed by atoms with Crippen LogP contribution in [-0.4, -0.2) is 66.4 Å². The summed E-state index contributed by atoms with van der Waals surface area (Å²) in [6, 6.07) is 32.0. The average Bonchev–Trinajstić information content (AvgIpc) is 3.89. The summed E-state index contributed by atoms with van der Waals surface area (Å²) >= 11 is 6.78. The Kier molecular flexibility index (Phi) is 11.8. The van der Waals surface area contributed by atoms with Gasteiger partial charge in [0.1, 0.15) is 5.75 Å². The van der Waals surface area contributed by atoms with Crippen molar-refractivity contribution in [2.75, 3.05) is 30.1 Å². The third-order valence-corrected chi connectivity index (χ3v) is 17.7. The number of aliphatic hydroxyl groups is 1. The quantitative estimate of drug-likeness (QED) is 0.126. The molecule has 0 aliphatic carbocycles. The summed E-state index contributed by atoms with van der Waals surface area (Å²) in [6.45, 7) is 8.38. The summed E-state index contributed by atoms with van der Waals surface area (Å²) in [7, 11) is -0.729. The normalized spacial score (nSPS) is 22.7. The number of nitrogens with zero attached hydrogens (tertiary/aromatic N) is 5. The SMILES string of the molecule is COc1ccc([Si](C)(C)[C@H]2[C@H](CCn3cc(C(CO)c4ccccc4)nn3)O[C@@]3(C(=O)N(Cc4cccc(N5CCCCCCC5=O)c4)c4ccc(Cl)cc43)[C@@H]2C)cc1. The van der Waals surface area contributed by atoms with E-state index in [1.807, 2.05) is 99.5 Å². The lowest BCUT2D eigenvalue weighted by Gasteiger charge is -2.37. The largest absolute Gasteiger partial charge is 0.497 e. The smallest absolute Gasteiger partial charge is 0.264 e. The van der Waals surface area contributed by atoms with Crippen molar-refractivity contribution in [1.29, 1.82) is 0 Å². The lowest BCUT2D eigenvalue weighted by Crippen LogP contribution is -2.51. The zero-order valence-electron chi connectivity index (χ0n) is 34.4. The van der Waals surface area contributed by atoms with Crippen molar-refractivity contribution in [3.8, 4) is 5.75 Å². The van der Waals surface area contributed by atoms with Gasteiger partial charge in [0.25, 0.3) is 5.91 Å². The van der Waals surface area contributed by atoms with Crippen LogP contribution in [0.25, 0.3) is 0 Å². The molecule has 1 N–H and O–H groups in total. The number of methoxy groups -OCH3 is 1. The van der Waals surface area contributed by atoms with Crippen LogP contribution in [0.4, 0.5) is 11.4 Å². The van der Waals surface area contributed by atoms with E-state index < -0.39 is 13.7 Å². The molecule has 2 fully saturated rings. The van der Waals surface area contributed by atoms with Crippen LogP contribution >= 0.6 is 11.6 Å². The molecule has 4 heterocycles. The molecular formula is C47H54ClN5O5Si. The van der Waals surface area contributed by atoms with E-state index in [1.165, 1.54) is 5.19 Å². The van der Waals surface area contributed by atoms with Gasteiger partial charge in [-0.3, -0.25) is 14.3 Å². The summed E-state index contributed by atoms with van der Waals surface area (Å²) in [5, 5.41) is 21.1. The van der Waals surface area contributed by atoms with Crippen LogP contribution in [-0.2, 0) is 33.0 Å². The van der Waals surface area contributed by atoms with Crippen molar-refractivity contribution in [2.45, 2.75) is 94.8 Å². The van der Waals surface area contributed by atoms with Gasteiger partial charge in [0.05, 0.1) is 51.7 Å². The number of rotatable bonds is 12. The van der Waals surface area contributed by atoms with Crippen LogP contribution in [0, 0.1) is 5.92 Å². The second kappa shape index (κ2) is 17.0. The molecule has 2 amide bonds. The fraction of sp³-hybridized carbons (Fsp3) is 0.404. The Bertz CT molecular complexity index is 2290. The molecule has 1 unspecified atom stereocenters. The van der Waals surface area contributed by atoms with Gasteiger partial charge in [0.2, 0.25) is 5.91 Å². The number of carbonyl (C=O) groups excluding carboxylic acids is 2. The Morgan fingerprint density at radius 3 is 2.51 bits per heavy atom. The van der Waals surface area contributed by atoms with E-state index in [1.54, 1.807) is 7.11 Å². The van der Waals surface area contributed by atoms with E-state index >= 15 is 4.79 Å². The second-order valence-electron chi connectivity index (χ2n) is 16.9. The number of hydrogen-bond acceptors (Lipinski definition) is 7. The van der Waals surface area contributed by atoms with Crippen molar-refractivity contribution in [3.63, 3.8) is 0 Å². The van der Waals surface area contributed by atoms with Gasteiger partial charge in [0.15, 0.2) is 5.60 Å². The third kappa shape index (κ3) is 7.74. The molecule has 308 valence electrons. The number of anilines is 2. The minimum absolute atomic E-state index is 0.0191. The highest BCUT2D eigenvalue weighted by Crippen LogP contribution is 2.60. The van der Waals surface area contributed by atoms with E-state index in [0.717, 1.165) is 59.5 Å². The molecular weight excluding hydrogens is 778 g/mol. The minimum Gasteiger partial charge on any atom is -0.497 e. The van der Waals surface area contributed by atoms with E-state index in [2.05, 4.69) is 48.5 Å². The van der Waals surface area contributed by atoms with Crippen LogP contribution in [0.15, 0.2) is 103 Å². The fourth-order valence-electron chi connectivity index (χ4n) is 10.0. The van der Waals surface area contributed by atoms with E-state index in [9.17, 15) is 9.90 Å². The zero-order chi connectivity index (χ0) is 41.3. The Hall–Kier alpha value is -4.81.